The molecule has 1 aliphatic rings. The molecule has 11 heteroatoms. The van der Waals surface area contributed by atoms with E-state index < -0.39 is 6.03 Å². The molecule has 1 aliphatic heterocycles. The molecular weight excluding hydrogens is 544 g/mol. The summed E-state index contributed by atoms with van der Waals surface area (Å²) in [6.07, 6.45) is 0.874. The van der Waals surface area contributed by atoms with Crippen molar-refractivity contribution in [2.45, 2.75) is 6.42 Å². The maximum absolute atomic E-state index is 12.7. The minimum absolute atomic E-state index is 0.138. The van der Waals surface area contributed by atoms with Gasteiger partial charge in [-0.05, 0) is 75.6 Å². The van der Waals surface area contributed by atoms with E-state index in [1.54, 1.807) is 36.4 Å². The maximum atomic E-state index is 12.7. The van der Waals surface area contributed by atoms with Crippen LogP contribution in [0, 0.1) is 0 Å². The van der Waals surface area contributed by atoms with Gasteiger partial charge < -0.3 is 30.5 Å². The molecule has 0 radical (unpaired) electrons. The molecule has 5 rings (SSSR count). The van der Waals surface area contributed by atoms with Crippen molar-refractivity contribution in [3.8, 4) is 22.8 Å². The molecule has 1 saturated heterocycles. The van der Waals surface area contributed by atoms with Crippen LogP contribution in [-0.2, 0) is 4.74 Å². The molecule has 1 fully saturated rings. The molecule has 0 saturated carbocycles. The van der Waals surface area contributed by atoms with Gasteiger partial charge in [-0.25, -0.2) is 9.78 Å². The van der Waals surface area contributed by atoms with Crippen LogP contribution >= 0.6 is 0 Å². The molecule has 4 aromatic rings. The summed E-state index contributed by atoms with van der Waals surface area (Å²) in [7, 11) is 4.00. The highest BCUT2D eigenvalue weighted by molar-refractivity contribution is 6.00. The number of nitrogens with one attached hydrogen (secondary N) is 3. The van der Waals surface area contributed by atoms with E-state index in [2.05, 4.69) is 25.8 Å². The van der Waals surface area contributed by atoms with Crippen LogP contribution in [-0.4, -0.2) is 85.3 Å². The van der Waals surface area contributed by atoms with E-state index in [0.717, 1.165) is 24.1 Å². The van der Waals surface area contributed by atoms with Crippen LogP contribution in [0.15, 0.2) is 78.9 Å². The summed E-state index contributed by atoms with van der Waals surface area (Å²) in [4.78, 5) is 43.4. The van der Waals surface area contributed by atoms with E-state index in [9.17, 15) is 9.59 Å². The number of benzene rings is 3. The van der Waals surface area contributed by atoms with E-state index in [1.807, 2.05) is 56.6 Å². The summed E-state index contributed by atoms with van der Waals surface area (Å²) in [6, 6.07) is 23.6. The number of urea groups is 1. The molecule has 3 N–H and O–H groups in total. The smallest absolute Gasteiger partial charge is 0.323 e. The molecule has 0 bridgehead atoms. The number of amides is 3. The molecule has 43 heavy (non-hydrogen) atoms. The lowest BCUT2D eigenvalue weighted by Gasteiger charge is -2.27. The number of hydrogen-bond donors (Lipinski definition) is 3. The third-order valence-electron chi connectivity index (χ3n) is 6.82. The molecule has 0 atom stereocenters. The Morgan fingerprint density at radius 3 is 1.98 bits per heavy atom. The molecule has 3 aromatic carbocycles. The SMILES string of the molecule is CN(C)CCCNC(=O)c1ccc(NC(=O)Nc2ccc(-c3nc(-c4ccccc4)nc(N4CCOCC4)n3)cc2)cc1. The minimum atomic E-state index is -0.394. The van der Waals surface area contributed by atoms with Crippen LogP contribution in [0.4, 0.5) is 22.1 Å². The Morgan fingerprint density at radius 2 is 1.37 bits per heavy atom. The highest BCUT2D eigenvalue weighted by atomic mass is 16.5. The first-order valence-corrected chi connectivity index (χ1v) is 14.3. The Hall–Kier alpha value is -4.87. The van der Waals surface area contributed by atoms with Crippen LogP contribution in [0.5, 0.6) is 0 Å². The van der Waals surface area contributed by atoms with Crippen LogP contribution in [0.25, 0.3) is 22.8 Å². The Labute approximate surface area is 251 Å². The van der Waals surface area contributed by atoms with Gasteiger partial charge in [0, 0.05) is 47.7 Å². The number of hydrogen-bond acceptors (Lipinski definition) is 8. The molecule has 0 aliphatic carbocycles. The van der Waals surface area contributed by atoms with Gasteiger partial charge in [0.15, 0.2) is 11.6 Å². The predicted molar refractivity (Wildman–Crippen MR) is 168 cm³/mol. The summed E-state index contributed by atoms with van der Waals surface area (Å²) >= 11 is 0. The Balaban J connectivity index is 1.22. The average Bonchev–Trinajstić information content (AvgIpc) is 3.04. The molecule has 2 heterocycles. The zero-order chi connectivity index (χ0) is 30.0. The van der Waals surface area contributed by atoms with Crippen LogP contribution in [0.2, 0.25) is 0 Å². The number of ether oxygens (including phenoxy) is 1. The third-order valence-corrected chi connectivity index (χ3v) is 6.82. The second-order valence-corrected chi connectivity index (χ2v) is 10.4. The first kappa shape index (κ1) is 29.6. The minimum Gasteiger partial charge on any atom is -0.378 e. The molecule has 1 aromatic heterocycles. The van der Waals surface area contributed by atoms with E-state index >= 15 is 0 Å². The van der Waals surface area contributed by atoms with Crippen molar-refractivity contribution in [2.75, 3.05) is 69.0 Å². The van der Waals surface area contributed by atoms with Crippen LogP contribution in [0.3, 0.4) is 0 Å². The molecule has 0 unspecified atom stereocenters. The lowest BCUT2D eigenvalue weighted by atomic mass is 10.1. The van der Waals surface area contributed by atoms with Gasteiger partial charge in [-0.1, -0.05) is 30.3 Å². The van der Waals surface area contributed by atoms with Gasteiger partial charge in [-0.2, -0.15) is 9.97 Å². The zero-order valence-electron chi connectivity index (χ0n) is 24.4. The van der Waals surface area contributed by atoms with Gasteiger partial charge in [0.2, 0.25) is 5.95 Å². The lowest BCUT2D eigenvalue weighted by molar-refractivity contribution is 0.0952. The van der Waals surface area contributed by atoms with Crippen molar-refractivity contribution < 1.29 is 14.3 Å². The zero-order valence-corrected chi connectivity index (χ0v) is 24.4. The summed E-state index contributed by atoms with van der Waals surface area (Å²) < 4.78 is 5.50. The number of carbonyl (C=O) groups excluding carboxylic acids is 2. The van der Waals surface area contributed by atoms with Crippen molar-refractivity contribution in [1.82, 2.24) is 25.2 Å². The van der Waals surface area contributed by atoms with Crippen LogP contribution in [0.1, 0.15) is 16.8 Å². The van der Waals surface area contributed by atoms with Crippen molar-refractivity contribution in [2.24, 2.45) is 0 Å². The first-order valence-electron chi connectivity index (χ1n) is 14.3. The largest absolute Gasteiger partial charge is 0.378 e. The normalized spacial score (nSPS) is 13.0. The number of morpholine rings is 1. The summed E-state index contributed by atoms with van der Waals surface area (Å²) in [5.74, 6) is 1.62. The van der Waals surface area contributed by atoms with Gasteiger partial charge in [0.05, 0.1) is 13.2 Å². The van der Waals surface area contributed by atoms with Crippen molar-refractivity contribution in [1.29, 1.82) is 0 Å². The predicted octanol–water partition coefficient (Wildman–Crippen LogP) is 4.37. The second kappa shape index (κ2) is 14.3. The van der Waals surface area contributed by atoms with E-state index in [1.165, 1.54) is 0 Å². The van der Waals surface area contributed by atoms with Crippen molar-refractivity contribution >= 4 is 29.3 Å². The summed E-state index contributed by atoms with van der Waals surface area (Å²) in [5.41, 5.74) is 3.44. The van der Waals surface area contributed by atoms with Crippen LogP contribution < -0.4 is 20.9 Å². The molecule has 3 amide bonds. The fraction of sp³-hybridized carbons (Fsp3) is 0.281. The molecular formula is C32H36N8O3. The maximum Gasteiger partial charge on any atom is 0.323 e. The quantitative estimate of drug-likeness (QED) is 0.236. The fourth-order valence-electron chi connectivity index (χ4n) is 4.52. The third kappa shape index (κ3) is 8.34. The van der Waals surface area contributed by atoms with E-state index in [0.29, 0.717) is 67.4 Å². The second-order valence-electron chi connectivity index (χ2n) is 10.4. The number of rotatable bonds is 10. The highest BCUT2D eigenvalue weighted by Crippen LogP contribution is 2.25. The molecule has 11 nitrogen and oxygen atoms in total. The van der Waals surface area contributed by atoms with Gasteiger partial charge in [0.1, 0.15) is 0 Å². The van der Waals surface area contributed by atoms with Gasteiger partial charge >= 0.3 is 6.03 Å². The van der Waals surface area contributed by atoms with Gasteiger partial charge in [0.25, 0.3) is 5.91 Å². The Kier molecular flexibility index (Phi) is 9.88. The number of anilines is 3. The number of aromatic nitrogens is 3. The summed E-state index contributed by atoms with van der Waals surface area (Å²) in [5, 5.41) is 8.55. The number of carbonyl (C=O) groups is 2. The lowest BCUT2D eigenvalue weighted by Crippen LogP contribution is -2.37. The van der Waals surface area contributed by atoms with Gasteiger partial charge in [-0.3, -0.25) is 4.79 Å². The Bertz CT molecular complexity index is 1510. The topological polar surface area (TPSA) is 125 Å². The average molecular weight is 581 g/mol. The fourth-order valence-corrected chi connectivity index (χ4v) is 4.52. The first-order chi connectivity index (χ1) is 20.9. The van der Waals surface area contributed by atoms with Crippen molar-refractivity contribution in [3.05, 3.63) is 84.4 Å². The standard InChI is InChI=1S/C32H36N8O3/c1-39(2)18-6-17-33-30(41)25-11-15-27(16-12-25)35-32(42)34-26-13-9-24(10-14-26)29-36-28(23-7-4-3-5-8-23)37-31(38-29)40-19-21-43-22-20-40/h3-5,7-16H,6,17-22H2,1-2H3,(H,33,41)(H2,34,35,42). The highest BCUT2D eigenvalue weighted by Gasteiger charge is 2.18. The monoisotopic (exact) mass is 580 g/mol. The van der Waals surface area contributed by atoms with E-state index in [4.69, 9.17) is 19.7 Å². The van der Waals surface area contributed by atoms with Crippen molar-refractivity contribution in [3.63, 3.8) is 0 Å². The summed E-state index contributed by atoms with van der Waals surface area (Å²) in [6.45, 7) is 4.19. The Morgan fingerprint density at radius 1 is 0.791 bits per heavy atom. The van der Waals surface area contributed by atoms with Gasteiger partial charge in [-0.15, -0.1) is 0 Å². The molecule has 222 valence electrons. The number of nitrogens with zero attached hydrogens (tertiary/aromatic N) is 5. The van der Waals surface area contributed by atoms with E-state index in [-0.39, 0.29) is 5.91 Å². The molecule has 0 spiro atoms.